The van der Waals surface area contributed by atoms with Crippen LogP contribution in [0.2, 0.25) is 0 Å². The number of sulfonamides is 1. The van der Waals surface area contributed by atoms with Crippen LogP contribution >= 0.6 is 0 Å². The maximum atomic E-state index is 13.2. The summed E-state index contributed by atoms with van der Waals surface area (Å²) in [5, 5.41) is 10.4. The molecule has 1 aliphatic heterocycles. The number of nitrogens with zero attached hydrogens (tertiary/aromatic N) is 4. The highest BCUT2D eigenvalue weighted by Crippen LogP contribution is 2.29. The number of carbonyl (C=O) groups is 1. The lowest BCUT2D eigenvalue weighted by Gasteiger charge is -2.36. The summed E-state index contributed by atoms with van der Waals surface area (Å²) in [6.45, 7) is 8.36. The van der Waals surface area contributed by atoms with Gasteiger partial charge >= 0.3 is 5.97 Å². The first kappa shape index (κ1) is 25.5. The fourth-order valence-corrected chi connectivity index (χ4v) is 6.12. The summed E-state index contributed by atoms with van der Waals surface area (Å²) in [5.74, 6) is 0.390. The Bertz CT molecular complexity index is 1630. The van der Waals surface area contributed by atoms with E-state index in [0.29, 0.717) is 35.4 Å². The third-order valence-electron chi connectivity index (χ3n) is 6.94. The predicted octanol–water partition coefficient (Wildman–Crippen LogP) is 4.38. The molecule has 4 aromatic rings. The monoisotopic (exact) mass is 531 g/mol. The summed E-state index contributed by atoms with van der Waals surface area (Å²) in [6, 6.07) is 15.7. The summed E-state index contributed by atoms with van der Waals surface area (Å²) in [5.41, 5.74) is 3.36. The standard InChI is InChI=1S/C28H29N5O4S/c1-18-14-20(3)25(15-19(18)2)38(36,37)31-21-7-8-24-22(16-21)23(28(34)35)17-27(30-24)33-12-10-32(11-13-33)26-6-4-5-9-29-26/h4-9,14-17,31H,10-13H2,1-3H3,(H,34,35). The number of hydrogen-bond acceptors (Lipinski definition) is 7. The van der Waals surface area contributed by atoms with Crippen LogP contribution < -0.4 is 14.5 Å². The second-order valence-corrected chi connectivity index (χ2v) is 11.2. The predicted molar refractivity (Wildman–Crippen MR) is 149 cm³/mol. The van der Waals surface area contributed by atoms with Gasteiger partial charge in [0.25, 0.3) is 10.0 Å². The molecule has 0 bridgehead atoms. The molecule has 1 fully saturated rings. The van der Waals surface area contributed by atoms with Gasteiger partial charge in [0.05, 0.1) is 16.0 Å². The van der Waals surface area contributed by atoms with Crippen molar-refractivity contribution in [2.45, 2.75) is 25.7 Å². The summed E-state index contributed by atoms with van der Waals surface area (Å²) < 4.78 is 29.0. The number of carboxylic acids is 1. The van der Waals surface area contributed by atoms with Crippen LogP contribution in [0.4, 0.5) is 17.3 Å². The fraction of sp³-hybridized carbons (Fsp3) is 0.250. The lowest BCUT2D eigenvalue weighted by molar-refractivity contribution is 0.0699. The summed E-state index contributed by atoms with van der Waals surface area (Å²) in [6.07, 6.45) is 1.77. The average Bonchev–Trinajstić information content (AvgIpc) is 2.90. The van der Waals surface area contributed by atoms with Crippen molar-refractivity contribution in [2.75, 3.05) is 40.7 Å². The van der Waals surface area contributed by atoms with E-state index in [2.05, 4.69) is 19.5 Å². The van der Waals surface area contributed by atoms with E-state index < -0.39 is 16.0 Å². The highest BCUT2D eigenvalue weighted by atomic mass is 32.2. The number of hydrogen-bond donors (Lipinski definition) is 2. The van der Waals surface area contributed by atoms with E-state index in [4.69, 9.17) is 4.98 Å². The van der Waals surface area contributed by atoms with Crippen LogP contribution in [0.5, 0.6) is 0 Å². The summed E-state index contributed by atoms with van der Waals surface area (Å²) in [7, 11) is -3.87. The van der Waals surface area contributed by atoms with E-state index in [9.17, 15) is 18.3 Å². The van der Waals surface area contributed by atoms with Crippen molar-refractivity contribution in [1.82, 2.24) is 9.97 Å². The molecule has 0 spiro atoms. The number of anilines is 3. The Labute approximate surface area is 221 Å². The smallest absolute Gasteiger partial charge is 0.336 e. The molecule has 3 heterocycles. The van der Waals surface area contributed by atoms with E-state index in [-0.39, 0.29) is 16.1 Å². The van der Waals surface area contributed by atoms with Crippen LogP contribution in [0.3, 0.4) is 0 Å². The van der Waals surface area contributed by atoms with E-state index in [0.717, 1.165) is 30.0 Å². The Hall–Kier alpha value is -4.18. The number of rotatable bonds is 6. The first-order valence-corrected chi connectivity index (χ1v) is 13.8. The molecule has 1 aliphatic rings. The molecule has 5 rings (SSSR count). The normalized spacial score (nSPS) is 14.1. The third-order valence-corrected chi connectivity index (χ3v) is 8.46. The van der Waals surface area contributed by atoms with Gasteiger partial charge in [0, 0.05) is 43.4 Å². The zero-order valence-corrected chi connectivity index (χ0v) is 22.3. The summed E-state index contributed by atoms with van der Waals surface area (Å²) in [4.78, 5) is 25.8. The Balaban J connectivity index is 1.43. The minimum atomic E-state index is -3.87. The number of aryl methyl sites for hydroxylation is 3. The number of nitrogens with one attached hydrogen (secondary N) is 1. The quantitative estimate of drug-likeness (QED) is 0.377. The van der Waals surface area contributed by atoms with Gasteiger partial charge in [-0.1, -0.05) is 12.1 Å². The maximum absolute atomic E-state index is 13.2. The molecule has 2 aromatic heterocycles. The van der Waals surface area contributed by atoms with Crippen molar-refractivity contribution in [1.29, 1.82) is 0 Å². The molecule has 0 atom stereocenters. The maximum Gasteiger partial charge on any atom is 0.336 e. The van der Waals surface area contributed by atoms with Crippen molar-refractivity contribution in [3.63, 3.8) is 0 Å². The minimum absolute atomic E-state index is 0.0700. The molecular formula is C28H29N5O4S. The molecule has 0 amide bonds. The molecule has 196 valence electrons. The van der Waals surface area contributed by atoms with Crippen LogP contribution in [0.15, 0.2) is 65.7 Å². The van der Waals surface area contributed by atoms with Crippen LogP contribution in [-0.2, 0) is 10.0 Å². The van der Waals surface area contributed by atoms with Crippen LogP contribution in [0.25, 0.3) is 10.9 Å². The summed E-state index contributed by atoms with van der Waals surface area (Å²) >= 11 is 0. The van der Waals surface area contributed by atoms with Gasteiger partial charge in [-0.25, -0.2) is 23.2 Å². The molecule has 2 N–H and O–H groups in total. The van der Waals surface area contributed by atoms with Crippen molar-refractivity contribution in [3.05, 3.63) is 83.0 Å². The largest absolute Gasteiger partial charge is 0.478 e. The van der Waals surface area contributed by atoms with Crippen LogP contribution in [0.1, 0.15) is 27.0 Å². The molecule has 0 unspecified atom stereocenters. The molecule has 9 nitrogen and oxygen atoms in total. The molecule has 10 heteroatoms. The van der Waals surface area contributed by atoms with Crippen molar-refractivity contribution < 1.29 is 18.3 Å². The van der Waals surface area contributed by atoms with Gasteiger partial charge in [-0.05, 0) is 79.9 Å². The molecule has 0 aliphatic carbocycles. The average molecular weight is 532 g/mol. The van der Waals surface area contributed by atoms with E-state index in [1.807, 2.05) is 38.1 Å². The Morgan fingerprint density at radius 1 is 0.868 bits per heavy atom. The number of aromatic nitrogens is 2. The van der Waals surface area contributed by atoms with Gasteiger partial charge in [-0.2, -0.15) is 0 Å². The molecule has 2 aromatic carbocycles. The van der Waals surface area contributed by atoms with Crippen LogP contribution in [-0.4, -0.2) is 55.6 Å². The Morgan fingerprint density at radius 2 is 1.55 bits per heavy atom. The van der Waals surface area contributed by atoms with Crippen molar-refractivity contribution in [3.8, 4) is 0 Å². The van der Waals surface area contributed by atoms with Gasteiger partial charge in [0.1, 0.15) is 11.6 Å². The van der Waals surface area contributed by atoms with E-state index in [1.54, 1.807) is 37.4 Å². The number of benzene rings is 2. The zero-order valence-electron chi connectivity index (χ0n) is 21.5. The first-order chi connectivity index (χ1) is 18.1. The van der Waals surface area contributed by atoms with E-state index in [1.165, 1.54) is 6.07 Å². The Kier molecular flexibility index (Phi) is 6.66. The van der Waals surface area contributed by atoms with Gasteiger partial charge in [0.2, 0.25) is 0 Å². The fourth-order valence-electron chi connectivity index (χ4n) is 4.75. The van der Waals surface area contributed by atoms with Crippen molar-refractivity contribution in [2.24, 2.45) is 0 Å². The van der Waals surface area contributed by atoms with Crippen LogP contribution in [0, 0.1) is 20.8 Å². The molecule has 1 saturated heterocycles. The zero-order chi connectivity index (χ0) is 27.0. The molecule has 38 heavy (non-hydrogen) atoms. The lowest BCUT2D eigenvalue weighted by Crippen LogP contribution is -2.47. The van der Waals surface area contributed by atoms with Crippen molar-refractivity contribution >= 4 is 44.2 Å². The second kappa shape index (κ2) is 9.94. The SMILES string of the molecule is Cc1cc(C)c(S(=O)(=O)Nc2ccc3nc(N4CCN(c5ccccn5)CC4)cc(C(=O)O)c3c2)cc1C. The van der Waals surface area contributed by atoms with Gasteiger partial charge in [-0.15, -0.1) is 0 Å². The molecule has 0 radical (unpaired) electrons. The second-order valence-electron chi connectivity index (χ2n) is 9.53. The molecule has 0 saturated carbocycles. The topological polar surface area (TPSA) is 116 Å². The van der Waals surface area contributed by atoms with E-state index >= 15 is 0 Å². The minimum Gasteiger partial charge on any atom is -0.478 e. The van der Waals surface area contributed by atoms with Gasteiger partial charge < -0.3 is 14.9 Å². The van der Waals surface area contributed by atoms with Gasteiger partial charge in [0.15, 0.2) is 0 Å². The highest BCUT2D eigenvalue weighted by Gasteiger charge is 2.23. The number of carboxylic acid groups (broad SMARTS) is 1. The highest BCUT2D eigenvalue weighted by molar-refractivity contribution is 7.92. The first-order valence-electron chi connectivity index (χ1n) is 12.3. The van der Waals surface area contributed by atoms with Gasteiger partial charge in [-0.3, -0.25) is 4.72 Å². The number of aromatic carboxylic acids is 1. The number of pyridine rings is 2. The third kappa shape index (κ3) is 4.99. The number of fused-ring (bicyclic) bond motifs is 1. The Morgan fingerprint density at radius 3 is 2.21 bits per heavy atom. The lowest BCUT2D eigenvalue weighted by atomic mass is 10.1. The number of piperazine rings is 1. The molecular weight excluding hydrogens is 502 g/mol.